The zero-order chi connectivity index (χ0) is 17.8. The first-order chi connectivity index (χ1) is 12.8. The van der Waals surface area contributed by atoms with Crippen LogP contribution in [0.25, 0.3) is 10.9 Å². The van der Waals surface area contributed by atoms with E-state index in [1.54, 1.807) is 0 Å². The second-order valence-electron chi connectivity index (χ2n) is 6.26. The Balaban J connectivity index is 1.55. The Morgan fingerprint density at radius 1 is 0.846 bits per heavy atom. The lowest BCUT2D eigenvalue weighted by Crippen LogP contribution is -2.12. The lowest BCUT2D eigenvalue weighted by molar-refractivity contribution is 0.102. The highest BCUT2D eigenvalue weighted by molar-refractivity contribution is 6.11. The summed E-state index contributed by atoms with van der Waals surface area (Å²) in [6.45, 7) is 0. The van der Waals surface area contributed by atoms with E-state index in [4.69, 9.17) is 0 Å². The lowest BCUT2D eigenvalue weighted by atomic mass is 10.0. The van der Waals surface area contributed by atoms with Crippen LogP contribution in [0.2, 0.25) is 0 Å². The van der Waals surface area contributed by atoms with Crippen LogP contribution in [0.4, 0.5) is 5.69 Å². The number of H-pyrrole nitrogens is 1. The number of carbonyl (C=O) groups excluding carboxylic acids is 1. The van der Waals surface area contributed by atoms with Crippen LogP contribution in [0.5, 0.6) is 0 Å². The molecule has 4 heteroatoms. The summed E-state index contributed by atoms with van der Waals surface area (Å²) in [7, 11) is 0. The van der Waals surface area contributed by atoms with Gasteiger partial charge in [0.05, 0.1) is 5.52 Å². The van der Waals surface area contributed by atoms with Gasteiger partial charge in [0.2, 0.25) is 0 Å². The molecule has 0 bridgehead atoms. The van der Waals surface area contributed by atoms with Crippen molar-refractivity contribution in [2.24, 2.45) is 0 Å². The highest BCUT2D eigenvalue weighted by Gasteiger charge is 2.14. The highest BCUT2D eigenvalue weighted by atomic mass is 16.1. The molecule has 0 unspecified atom stereocenters. The summed E-state index contributed by atoms with van der Waals surface area (Å²) in [5, 5.41) is 10.9. The Morgan fingerprint density at radius 2 is 1.54 bits per heavy atom. The van der Waals surface area contributed by atoms with E-state index < -0.39 is 0 Å². The molecule has 0 saturated heterocycles. The highest BCUT2D eigenvalue weighted by Crippen LogP contribution is 2.20. The molecule has 26 heavy (non-hydrogen) atoms. The maximum absolute atomic E-state index is 12.6. The Morgan fingerprint density at radius 3 is 2.31 bits per heavy atom. The summed E-state index contributed by atoms with van der Waals surface area (Å²) in [6, 6.07) is 25.9. The predicted octanol–water partition coefficient (Wildman–Crippen LogP) is 4.60. The SMILES string of the molecule is O=C(Nc1ccccc1)c1n[nH]c2ccc(CCc3ccccc3)cc12. The van der Waals surface area contributed by atoms with E-state index in [1.807, 2.05) is 42.5 Å². The molecule has 2 N–H and O–H groups in total. The van der Waals surface area contributed by atoms with Gasteiger partial charge in [-0.05, 0) is 48.2 Å². The number of aryl methyl sites for hydroxylation is 2. The zero-order valence-electron chi connectivity index (χ0n) is 14.3. The molecule has 0 saturated carbocycles. The molecule has 4 nitrogen and oxygen atoms in total. The van der Waals surface area contributed by atoms with Crippen LogP contribution in [0.15, 0.2) is 78.9 Å². The molecule has 1 heterocycles. The Labute approximate surface area is 151 Å². The van der Waals surface area contributed by atoms with Gasteiger partial charge in [0.25, 0.3) is 5.91 Å². The molecule has 1 aromatic heterocycles. The molecule has 0 atom stereocenters. The number of fused-ring (bicyclic) bond motifs is 1. The molecule has 1 amide bonds. The van der Waals surface area contributed by atoms with Crippen molar-refractivity contribution < 1.29 is 4.79 Å². The Kier molecular flexibility index (Phi) is 4.48. The first kappa shape index (κ1) is 16.1. The van der Waals surface area contributed by atoms with Gasteiger partial charge in [0, 0.05) is 11.1 Å². The van der Waals surface area contributed by atoms with E-state index in [9.17, 15) is 4.79 Å². The molecule has 0 aliphatic rings. The van der Waals surface area contributed by atoms with Crippen LogP contribution < -0.4 is 5.32 Å². The van der Waals surface area contributed by atoms with Gasteiger partial charge < -0.3 is 5.32 Å². The van der Waals surface area contributed by atoms with Gasteiger partial charge in [-0.2, -0.15) is 5.10 Å². The molecule has 0 radical (unpaired) electrons. The third-order valence-electron chi connectivity index (χ3n) is 4.42. The third kappa shape index (κ3) is 3.49. The number of hydrogen-bond acceptors (Lipinski definition) is 2. The molecule has 0 aliphatic carbocycles. The maximum Gasteiger partial charge on any atom is 0.276 e. The fourth-order valence-corrected chi connectivity index (χ4v) is 3.03. The molecule has 4 aromatic rings. The maximum atomic E-state index is 12.6. The van der Waals surface area contributed by atoms with E-state index >= 15 is 0 Å². The van der Waals surface area contributed by atoms with Crippen molar-refractivity contribution in [1.82, 2.24) is 10.2 Å². The van der Waals surface area contributed by atoms with Crippen LogP contribution in [0, 0.1) is 0 Å². The van der Waals surface area contributed by atoms with Crippen molar-refractivity contribution >= 4 is 22.5 Å². The summed E-state index contributed by atoms with van der Waals surface area (Å²) < 4.78 is 0. The number of aromatic nitrogens is 2. The minimum Gasteiger partial charge on any atom is -0.321 e. The molecular formula is C22H19N3O. The number of rotatable bonds is 5. The van der Waals surface area contributed by atoms with Crippen LogP contribution >= 0.6 is 0 Å². The van der Waals surface area contributed by atoms with Gasteiger partial charge in [-0.15, -0.1) is 0 Å². The van der Waals surface area contributed by atoms with E-state index in [0.29, 0.717) is 5.69 Å². The number of benzene rings is 3. The van der Waals surface area contributed by atoms with Gasteiger partial charge in [-0.1, -0.05) is 54.6 Å². The number of carbonyl (C=O) groups is 1. The average Bonchev–Trinajstić information content (AvgIpc) is 3.11. The second kappa shape index (κ2) is 7.23. The van der Waals surface area contributed by atoms with Gasteiger partial charge in [0.1, 0.15) is 0 Å². The van der Waals surface area contributed by atoms with Crippen LogP contribution in [-0.4, -0.2) is 16.1 Å². The van der Waals surface area contributed by atoms with Crippen molar-refractivity contribution in [1.29, 1.82) is 0 Å². The van der Waals surface area contributed by atoms with Crippen LogP contribution in [0.1, 0.15) is 21.6 Å². The van der Waals surface area contributed by atoms with Gasteiger partial charge in [-0.25, -0.2) is 0 Å². The van der Waals surface area contributed by atoms with Crippen molar-refractivity contribution in [3.05, 3.63) is 95.7 Å². The van der Waals surface area contributed by atoms with Crippen molar-refractivity contribution in [2.75, 3.05) is 5.32 Å². The summed E-state index contributed by atoms with van der Waals surface area (Å²) >= 11 is 0. The number of hydrogen-bond donors (Lipinski definition) is 2. The number of anilines is 1. The minimum atomic E-state index is -0.206. The fraction of sp³-hybridized carbons (Fsp3) is 0.0909. The van der Waals surface area contributed by atoms with E-state index in [-0.39, 0.29) is 5.91 Å². The first-order valence-electron chi connectivity index (χ1n) is 8.67. The van der Waals surface area contributed by atoms with E-state index in [1.165, 1.54) is 11.1 Å². The van der Waals surface area contributed by atoms with Gasteiger partial charge >= 0.3 is 0 Å². The van der Waals surface area contributed by atoms with Gasteiger partial charge in [-0.3, -0.25) is 9.89 Å². The van der Waals surface area contributed by atoms with Crippen molar-refractivity contribution in [2.45, 2.75) is 12.8 Å². The summed E-state index contributed by atoms with van der Waals surface area (Å²) in [5.41, 5.74) is 4.55. The first-order valence-corrected chi connectivity index (χ1v) is 8.67. The standard InChI is InChI=1S/C22H19N3O/c26-22(23-18-9-5-2-6-10-18)21-19-15-17(13-14-20(19)24-25-21)12-11-16-7-3-1-4-8-16/h1-10,13-15H,11-12H2,(H,23,26)(H,24,25). The quantitative estimate of drug-likeness (QED) is 0.557. The predicted molar refractivity (Wildman–Crippen MR) is 104 cm³/mol. The smallest absolute Gasteiger partial charge is 0.276 e. The molecule has 128 valence electrons. The number of amides is 1. The molecule has 0 spiro atoms. The van der Waals surface area contributed by atoms with Crippen molar-refractivity contribution in [3.63, 3.8) is 0 Å². The lowest BCUT2D eigenvalue weighted by Gasteiger charge is -2.05. The largest absolute Gasteiger partial charge is 0.321 e. The zero-order valence-corrected chi connectivity index (χ0v) is 14.3. The number of aromatic amines is 1. The topological polar surface area (TPSA) is 57.8 Å². The number of nitrogens with zero attached hydrogens (tertiary/aromatic N) is 1. The summed E-state index contributed by atoms with van der Waals surface area (Å²) in [6.07, 6.45) is 1.89. The Bertz CT molecular complexity index is 1020. The molecule has 4 rings (SSSR count). The summed E-state index contributed by atoms with van der Waals surface area (Å²) in [5.74, 6) is -0.206. The second-order valence-corrected chi connectivity index (χ2v) is 6.26. The number of nitrogens with one attached hydrogen (secondary N) is 2. The van der Waals surface area contributed by atoms with Crippen LogP contribution in [-0.2, 0) is 12.8 Å². The van der Waals surface area contributed by atoms with E-state index in [0.717, 1.165) is 29.4 Å². The Hall–Kier alpha value is -3.40. The third-order valence-corrected chi connectivity index (χ3v) is 4.42. The summed E-state index contributed by atoms with van der Waals surface area (Å²) in [4.78, 5) is 12.6. The average molecular weight is 341 g/mol. The van der Waals surface area contributed by atoms with E-state index in [2.05, 4.69) is 51.9 Å². The molecule has 0 fully saturated rings. The number of para-hydroxylation sites is 1. The van der Waals surface area contributed by atoms with Crippen molar-refractivity contribution in [3.8, 4) is 0 Å². The minimum absolute atomic E-state index is 0.206. The van der Waals surface area contributed by atoms with Crippen LogP contribution in [0.3, 0.4) is 0 Å². The monoisotopic (exact) mass is 341 g/mol. The van der Waals surface area contributed by atoms with Gasteiger partial charge in [0.15, 0.2) is 5.69 Å². The normalized spacial score (nSPS) is 10.8. The molecule has 3 aromatic carbocycles. The fourth-order valence-electron chi connectivity index (χ4n) is 3.03. The molecular weight excluding hydrogens is 322 g/mol. The molecule has 0 aliphatic heterocycles.